The molecular formula is C13H20N4O2. The van der Waals surface area contributed by atoms with Gasteiger partial charge < -0.3 is 20.3 Å². The van der Waals surface area contributed by atoms with Gasteiger partial charge >= 0.3 is 5.97 Å². The van der Waals surface area contributed by atoms with E-state index in [0.717, 1.165) is 38.5 Å². The maximum atomic E-state index is 11.6. The number of nitrogen functional groups attached to an aromatic ring is 1. The highest BCUT2D eigenvalue weighted by atomic mass is 16.5. The van der Waals surface area contributed by atoms with Crippen LogP contribution < -0.4 is 10.6 Å². The number of nitrogens with zero attached hydrogens (tertiary/aromatic N) is 3. The summed E-state index contributed by atoms with van der Waals surface area (Å²) in [6.07, 6.45) is 1.52. The molecule has 1 aromatic rings. The van der Waals surface area contributed by atoms with Gasteiger partial charge in [0.15, 0.2) is 0 Å². The Hall–Kier alpha value is -1.82. The largest absolute Gasteiger partial charge is 0.465 e. The number of methoxy groups -OCH3 is 1. The predicted molar refractivity (Wildman–Crippen MR) is 74.3 cm³/mol. The molecule has 0 amide bonds. The summed E-state index contributed by atoms with van der Waals surface area (Å²) >= 11 is 0. The highest BCUT2D eigenvalue weighted by molar-refractivity contribution is 5.95. The standard InChI is InChI=1S/C13H20N4O2/c1-3-16-4-6-17(7-5-16)12-8-10(13(18)19-2)11(14)9-15-12/h8-9H,3-7,14H2,1-2H3. The molecule has 0 atom stereocenters. The second-order valence-corrected chi connectivity index (χ2v) is 4.54. The molecule has 1 saturated heterocycles. The van der Waals surface area contributed by atoms with Crippen molar-refractivity contribution in [3.63, 3.8) is 0 Å². The number of pyridine rings is 1. The van der Waals surface area contributed by atoms with E-state index in [1.165, 1.54) is 13.3 Å². The monoisotopic (exact) mass is 264 g/mol. The first-order chi connectivity index (χ1) is 9.15. The average Bonchev–Trinajstić information content (AvgIpc) is 2.47. The van der Waals surface area contributed by atoms with Crippen LogP contribution in [-0.4, -0.2) is 55.7 Å². The molecule has 0 spiro atoms. The zero-order chi connectivity index (χ0) is 13.8. The van der Waals surface area contributed by atoms with Crippen molar-refractivity contribution in [1.29, 1.82) is 0 Å². The van der Waals surface area contributed by atoms with Crippen LogP contribution >= 0.6 is 0 Å². The summed E-state index contributed by atoms with van der Waals surface area (Å²) in [4.78, 5) is 20.5. The van der Waals surface area contributed by atoms with Gasteiger partial charge in [0.05, 0.1) is 24.6 Å². The number of carbonyl (C=O) groups excluding carboxylic acids is 1. The van der Waals surface area contributed by atoms with Crippen molar-refractivity contribution in [2.75, 3.05) is 50.5 Å². The Labute approximate surface area is 113 Å². The van der Waals surface area contributed by atoms with Gasteiger partial charge in [-0.05, 0) is 12.6 Å². The lowest BCUT2D eigenvalue weighted by molar-refractivity contribution is 0.0602. The van der Waals surface area contributed by atoms with E-state index in [4.69, 9.17) is 10.5 Å². The van der Waals surface area contributed by atoms with Gasteiger partial charge in [-0.3, -0.25) is 0 Å². The van der Waals surface area contributed by atoms with Crippen LogP contribution in [0, 0.1) is 0 Å². The molecule has 6 heteroatoms. The number of nitrogens with two attached hydrogens (primary N) is 1. The molecule has 2 rings (SSSR count). The van der Waals surface area contributed by atoms with Crippen LogP contribution in [0.4, 0.5) is 11.5 Å². The van der Waals surface area contributed by atoms with Gasteiger partial charge in [0.1, 0.15) is 5.82 Å². The quantitative estimate of drug-likeness (QED) is 0.806. The molecule has 19 heavy (non-hydrogen) atoms. The minimum Gasteiger partial charge on any atom is -0.465 e. The Bertz CT molecular complexity index is 456. The zero-order valence-electron chi connectivity index (χ0n) is 11.4. The maximum Gasteiger partial charge on any atom is 0.340 e. The molecule has 1 aliphatic heterocycles. The Morgan fingerprint density at radius 1 is 1.42 bits per heavy atom. The first-order valence-corrected chi connectivity index (χ1v) is 6.46. The topological polar surface area (TPSA) is 71.7 Å². The number of hydrogen-bond donors (Lipinski definition) is 1. The molecule has 1 aromatic heterocycles. The molecule has 0 saturated carbocycles. The van der Waals surface area contributed by atoms with E-state index in [1.54, 1.807) is 6.07 Å². The fourth-order valence-corrected chi connectivity index (χ4v) is 2.21. The molecule has 0 radical (unpaired) electrons. The second-order valence-electron chi connectivity index (χ2n) is 4.54. The van der Waals surface area contributed by atoms with E-state index < -0.39 is 5.97 Å². The van der Waals surface area contributed by atoms with E-state index in [0.29, 0.717) is 11.3 Å². The van der Waals surface area contributed by atoms with Gasteiger partial charge in [0, 0.05) is 26.2 Å². The molecule has 2 N–H and O–H groups in total. The third-order valence-corrected chi connectivity index (χ3v) is 3.47. The minimum absolute atomic E-state index is 0.350. The highest BCUT2D eigenvalue weighted by Crippen LogP contribution is 2.20. The van der Waals surface area contributed by atoms with E-state index in [2.05, 4.69) is 21.7 Å². The Morgan fingerprint density at radius 3 is 2.68 bits per heavy atom. The number of rotatable bonds is 3. The van der Waals surface area contributed by atoms with Crippen molar-refractivity contribution in [2.24, 2.45) is 0 Å². The van der Waals surface area contributed by atoms with Crippen LogP contribution in [0.3, 0.4) is 0 Å². The Balaban J connectivity index is 2.15. The van der Waals surface area contributed by atoms with Gasteiger partial charge in [0.25, 0.3) is 0 Å². The molecule has 1 aliphatic rings. The number of aromatic nitrogens is 1. The lowest BCUT2D eigenvalue weighted by Crippen LogP contribution is -2.46. The predicted octanol–water partition coefficient (Wildman–Crippen LogP) is 0.592. The van der Waals surface area contributed by atoms with Gasteiger partial charge in [-0.1, -0.05) is 6.92 Å². The summed E-state index contributed by atoms with van der Waals surface area (Å²) in [5, 5.41) is 0. The summed E-state index contributed by atoms with van der Waals surface area (Å²) in [6, 6.07) is 1.71. The van der Waals surface area contributed by atoms with E-state index >= 15 is 0 Å². The van der Waals surface area contributed by atoms with Gasteiger partial charge in [-0.25, -0.2) is 9.78 Å². The number of hydrogen-bond acceptors (Lipinski definition) is 6. The second kappa shape index (κ2) is 5.88. The number of esters is 1. The molecule has 1 fully saturated rings. The lowest BCUT2D eigenvalue weighted by Gasteiger charge is -2.34. The van der Waals surface area contributed by atoms with E-state index in [9.17, 15) is 4.79 Å². The first kappa shape index (κ1) is 13.6. The Kier molecular flexibility index (Phi) is 4.21. The molecular weight excluding hydrogens is 244 g/mol. The Morgan fingerprint density at radius 2 is 2.11 bits per heavy atom. The van der Waals surface area contributed by atoms with Crippen molar-refractivity contribution < 1.29 is 9.53 Å². The minimum atomic E-state index is -0.423. The fraction of sp³-hybridized carbons (Fsp3) is 0.538. The number of ether oxygens (including phenoxy) is 1. The van der Waals surface area contributed by atoms with Crippen LogP contribution in [0.15, 0.2) is 12.3 Å². The summed E-state index contributed by atoms with van der Waals surface area (Å²) in [5.74, 6) is 0.360. The van der Waals surface area contributed by atoms with Gasteiger partial charge in [-0.15, -0.1) is 0 Å². The summed E-state index contributed by atoms with van der Waals surface area (Å²) in [7, 11) is 1.35. The number of likely N-dealkylation sites (N-methyl/N-ethyl adjacent to an activating group) is 1. The summed E-state index contributed by atoms with van der Waals surface area (Å²) < 4.78 is 4.72. The molecule has 2 heterocycles. The average molecular weight is 264 g/mol. The van der Waals surface area contributed by atoms with E-state index in [1.807, 2.05) is 0 Å². The van der Waals surface area contributed by atoms with Crippen molar-refractivity contribution in [3.05, 3.63) is 17.8 Å². The van der Waals surface area contributed by atoms with Crippen molar-refractivity contribution in [1.82, 2.24) is 9.88 Å². The van der Waals surface area contributed by atoms with Crippen molar-refractivity contribution >= 4 is 17.5 Å². The van der Waals surface area contributed by atoms with E-state index in [-0.39, 0.29) is 0 Å². The van der Waals surface area contributed by atoms with Crippen molar-refractivity contribution in [2.45, 2.75) is 6.92 Å². The van der Waals surface area contributed by atoms with Crippen LogP contribution in [-0.2, 0) is 4.74 Å². The molecule has 104 valence electrons. The normalized spacial score (nSPS) is 16.4. The summed E-state index contributed by atoms with van der Waals surface area (Å²) in [6.45, 7) is 7.06. The highest BCUT2D eigenvalue weighted by Gasteiger charge is 2.19. The fourth-order valence-electron chi connectivity index (χ4n) is 2.21. The number of carbonyl (C=O) groups is 1. The summed E-state index contributed by atoms with van der Waals surface area (Å²) in [5.41, 5.74) is 6.48. The molecule has 0 bridgehead atoms. The smallest absolute Gasteiger partial charge is 0.340 e. The third kappa shape index (κ3) is 2.96. The SMILES string of the molecule is CCN1CCN(c2cc(C(=O)OC)c(N)cn2)CC1. The first-order valence-electron chi connectivity index (χ1n) is 6.46. The zero-order valence-corrected chi connectivity index (χ0v) is 11.4. The number of piperazine rings is 1. The van der Waals surface area contributed by atoms with Crippen molar-refractivity contribution in [3.8, 4) is 0 Å². The lowest BCUT2D eigenvalue weighted by atomic mass is 10.2. The molecule has 0 unspecified atom stereocenters. The third-order valence-electron chi connectivity index (χ3n) is 3.47. The van der Waals surface area contributed by atoms with Crippen LogP contribution in [0.2, 0.25) is 0 Å². The van der Waals surface area contributed by atoms with Gasteiger partial charge in [0.2, 0.25) is 0 Å². The van der Waals surface area contributed by atoms with Crippen LogP contribution in [0.5, 0.6) is 0 Å². The number of anilines is 2. The van der Waals surface area contributed by atoms with Crippen LogP contribution in [0.25, 0.3) is 0 Å². The molecule has 0 aliphatic carbocycles. The van der Waals surface area contributed by atoms with Crippen LogP contribution in [0.1, 0.15) is 17.3 Å². The van der Waals surface area contributed by atoms with Gasteiger partial charge in [-0.2, -0.15) is 0 Å². The molecule has 6 nitrogen and oxygen atoms in total. The maximum absolute atomic E-state index is 11.6. The molecule has 0 aromatic carbocycles.